The predicted molar refractivity (Wildman–Crippen MR) is 91.4 cm³/mol. The molecule has 1 saturated carbocycles. The van der Waals surface area contributed by atoms with E-state index in [1.807, 2.05) is 12.1 Å². The molecule has 2 aliphatic carbocycles. The summed E-state index contributed by atoms with van der Waals surface area (Å²) in [6, 6.07) is 5.49. The lowest BCUT2D eigenvalue weighted by Gasteiger charge is -2.37. The largest absolute Gasteiger partial charge is 0.464 e. The molecule has 1 aromatic rings. The number of aliphatic imine (C=N–C) groups is 1. The molecular formula is C19H23N3O. The second-order valence-corrected chi connectivity index (χ2v) is 7.05. The molecule has 5 rings (SSSR count). The first-order valence-corrected chi connectivity index (χ1v) is 8.90. The number of rotatable bonds is 2. The fraction of sp³-hybridized carbons (Fsp3) is 0.526. The zero-order valence-corrected chi connectivity index (χ0v) is 13.4. The minimum absolute atomic E-state index is 0.291. The van der Waals surface area contributed by atoms with Crippen LogP contribution in [0.4, 0.5) is 0 Å². The number of hydrogen-bond donors (Lipinski definition) is 0. The third kappa shape index (κ3) is 2.27. The van der Waals surface area contributed by atoms with Crippen molar-refractivity contribution in [1.29, 1.82) is 0 Å². The molecule has 4 aliphatic rings. The Hall–Kier alpha value is -1.81. The molecule has 2 unspecified atom stereocenters. The van der Waals surface area contributed by atoms with Gasteiger partial charge >= 0.3 is 0 Å². The zero-order valence-electron chi connectivity index (χ0n) is 13.4. The Morgan fingerprint density at radius 2 is 2.13 bits per heavy atom. The Labute approximate surface area is 137 Å². The van der Waals surface area contributed by atoms with Gasteiger partial charge in [0, 0.05) is 37.7 Å². The van der Waals surface area contributed by atoms with Crippen molar-refractivity contribution in [2.75, 3.05) is 19.6 Å². The number of hydrogen-bond acceptors (Lipinski definition) is 4. The number of nitrogens with zero attached hydrogens (tertiary/aromatic N) is 3. The van der Waals surface area contributed by atoms with Gasteiger partial charge in [0.2, 0.25) is 0 Å². The van der Waals surface area contributed by atoms with Gasteiger partial charge in [-0.25, -0.2) is 0 Å². The van der Waals surface area contributed by atoms with Gasteiger partial charge in [0.15, 0.2) is 0 Å². The smallest absolute Gasteiger partial charge is 0.133 e. The molecule has 1 aromatic heterocycles. The lowest BCUT2D eigenvalue weighted by molar-refractivity contribution is 0.129. The molecule has 2 atom stereocenters. The van der Waals surface area contributed by atoms with Gasteiger partial charge in [-0.15, -0.1) is 0 Å². The number of fused-ring (bicyclic) bond motifs is 3. The van der Waals surface area contributed by atoms with Crippen LogP contribution in [-0.4, -0.2) is 53.4 Å². The van der Waals surface area contributed by atoms with Crippen molar-refractivity contribution in [3.05, 3.63) is 42.4 Å². The Kier molecular flexibility index (Phi) is 3.18. The van der Waals surface area contributed by atoms with Crippen LogP contribution in [0.25, 0.3) is 5.57 Å². The van der Waals surface area contributed by atoms with Gasteiger partial charge in [-0.1, -0.05) is 18.6 Å². The minimum Gasteiger partial charge on any atom is -0.464 e. The van der Waals surface area contributed by atoms with Crippen LogP contribution in [-0.2, 0) is 0 Å². The summed E-state index contributed by atoms with van der Waals surface area (Å²) in [4.78, 5) is 10.2. The number of amidine groups is 1. The van der Waals surface area contributed by atoms with Crippen LogP contribution in [0.2, 0.25) is 0 Å². The van der Waals surface area contributed by atoms with E-state index in [0.717, 1.165) is 24.8 Å². The van der Waals surface area contributed by atoms with Crippen LogP contribution in [0.1, 0.15) is 31.4 Å². The molecule has 2 fully saturated rings. The van der Waals surface area contributed by atoms with Crippen molar-refractivity contribution in [1.82, 2.24) is 9.80 Å². The highest BCUT2D eigenvalue weighted by Crippen LogP contribution is 2.32. The second-order valence-electron chi connectivity index (χ2n) is 7.05. The summed E-state index contributed by atoms with van der Waals surface area (Å²) in [6.45, 7) is 3.46. The molecule has 120 valence electrons. The Morgan fingerprint density at radius 3 is 2.91 bits per heavy atom. The van der Waals surface area contributed by atoms with Crippen molar-refractivity contribution in [3.63, 3.8) is 0 Å². The quantitative estimate of drug-likeness (QED) is 0.842. The maximum absolute atomic E-state index is 5.57. The molecule has 1 saturated heterocycles. The topological polar surface area (TPSA) is 32.0 Å². The lowest BCUT2D eigenvalue weighted by Crippen LogP contribution is -2.44. The molecule has 23 heavy (non-hydrogen) atoms. The molecule has 4 nitrogen and oxygen atoms in total. The van der Waals surface area contributed by atoms with Crippen molar-refractivity contribution in [2.24, 2.45) is 4.99 Å². The van der Waals surface area contributed by atoms with E-state index >= 15 is 0 Å². The molecule has 0 spiro atoms. The first kappa shape index (κ1) is 13.6. The summed E-state index contributed by atoms with van der Waals surface area (Å²) >= 11 is 0. The predicted octanol–water partition coefficient (Wildman–Crippen LogP) is 2.94. The second kappa shape index (κ2) is 5.38. The van der Waals surface area contributed by atoms with Crippen molar-refractivity contribution < 1.29 is 4.42 Å². The highest BCUT2D eigenvalue weighted by atomic mass is 16.3. The fourth-order valence-electron chi connectivity index (χ4n) is 4.27. The van der Waals surface area contributed by atoms with E-state index in [0.29, 0.717) is 12.1 Å². The third-order valence-corrected chi connectivity index (χ3v) is 5.81. The van der Waals surface area contributed by atoms with E-state index in [-0.39, 0.29) is 0 Å². The van der Waals surface area contributed by atoms with Crippen LogP contribution in [0.3, 0.4) is 0 Å². The first-order valence-electron chi connectivity index (χ1n) is 8.90. The van der Waals surface area contributed by atoms with E-state index in [4.69, 9.17) is 9.41 Å². The highest BCUT2D eigenvalue weighted by Gasteiger charge is 2.38. The zero-order chi connectivity index (χ0) is 15.2. The number of allylic oxidation sites excluding steroid dienone is 2. The summed E-state index contributed by atoms with van der Waals surface area (Å²) in [5.41, 5.74) is 1.19. The Bertz CT molecular complexity index is 669. The van der Waals surface area contributed by atoms with E-state index in [1.165, 1.54) is 43.8 Å². The minimum atomic E-state index is 0.291. The van der Waals surface area contributed by atoms with Crippen molar-refractivity contribution >= 4 is 11.4 Å². The van der Waals surface area contributed by atoms with Crippen LogP contribution in [0.15, 0.2) is 46.0 Å². The Balaban J connectivity index is 1.37. The summed E-state index contributed by atoms with van der Waals surface area (Å²) in [5.74, 6) is 2.27. The maximum Gasteiger partial charge on any atom is 0.133 e. The van der Waals surface area contributed by atoms with Crippen LogP contribution in [0.5, 0.6) is 0 Å². The van der Waals surface area contributed by atoms with Gasteiger partial charge in [-0.3, -0.25) is 9.89 Å². The molecular weight excluding hydrogens is 286 g/mol. The fourth-order valence-corrected chi connectivity index (χ4v) is 4.27. The monoisotopic (exact) mass is 309 g/mol. The average molecular weight is 309 g/mol. The molecule has 0 bridgehead atoms. The van der Waals surface area contributed by atoms with Gasteiger partial charge in [0.1, 0.15) is 11.6 Å². The maximum atomic E-state index is 5.57. The van der Waals surface area contributed by atoms with E-state index in [9.17, 15) is 0 Å². The molecule has 0 N–H and O–H groups in total. The van der Waals surface area contributed by atoms with E-state index in [1.54, 1.807) is 6.26 Å². The highest BCUT2D eigenvalue weighted by molar-refractivity contribution is 5.87. The van der Waals surface area contributed by atoms with Crippen LogP contribution < -0.4 is 0 Å². The van der Waals surface area contributed by atoms with E-state index < -0.39 is 0 Å². The van der Waals surface area contributed by atoms with Crippen LogP contribution >= 0.6 is 0 Å². The van der Waals surface area contributed by atoms with Gasteiger partial charge < -0.3 is 9.32 Å². The lowest BCUT2D eigenvalue weighted by atomic mass is 9.91. The summed E-state index contributed by atoms with van der Waals surface area (Å²) in [7, 11) is 0. The first-order chi connectivity index (χ1) is 11.4. The average Bonchev–Trinajstić information content (AvgIpc) is 3.11. The van der Waals surface area contributed by atoms with Crippen molar-refractivity contribution in [2.45, 2.75) is 43.8 Å². The third-order valence-electron chi connectivity index (χ3n) is 5.81. The normalized spacial score (nSPS) is 31.0. The molecule has 0 aromatic carbocycles. The summed E-state index contributed by atoms with van der Waals surface area (Å²) in [5, 5.41) is 0. The molecule has 0 amide bonds. The van der Waals surface area contributed by atoms with Gasteiger partial charge in [0.05, 0.1) is 18.3 Å². The molecule has 2 aliphatic heterocycles. The summed E-state index contributed by atoms with van der Waals surface area (Å²) in [6.07, 6.45) is 13.8. The van der Waals surface area contributed by atoms with Gasteiger partial charge in [-0.05, 0) is 31.1 Å². The molecule has 0 radical (unpaired) electrons. The standard InChI is InChI=1S/C19H23N3O/c1-3-15(4-1)21-9-8-19-20-16-7-6-14(18-5-2-12-23-18)13-17(16)22(19)11-10-21/h2,5-7,12-13,15-17H,1,3-4,8-11H2. The van der Waals surface area contributed by atoms with Crippen molar-refractivity contribution in [3.8, 4) is 0 Å². The van der Waals surface area contributed by atoms with Gasteiger partial charge in [0.25, 0.3) is 0 Å². The number of furan rings is 1. The van der Waals surface area contributed by atoms with Gasteiger partial charge in [-0.2, -0.15) is 0 Å². The Morgan fingerprint density at radius 1 is 1.17 bits per heavy atom. The van der Waals surface area contributed by atoms with E-state index in [2.05, 4.69) is 28.0 Å². The molecule has 3 heterocycles. The summed E-state index contributed by atoms with van der Waals surface area (Å²) < 4.78 is 5.57. The van der Waals surface area contributed by atoms with Crippen LogP contribution in [0, 0.1) is 0 Å². The molecule has 4 heteroatoms. The SMILES string of the molecule is C1=CC2N=C3CCN(C4CCC4)CCN3C2C=C1c1ccco1.